The van der Waals surface area contributed by atoms with Crippen molar-refractivity contribution in [3.63, 3.8) is 0 Å². The van der Waals surface area contributed by atoms with Crippen LogP contribution in [0.15, 0.2) is 66.4 Å². The lowest BCUT2D eigenvalue weighted by Crippen LogP contribution is -2.34. The molecule has 33 heavy (non-hydrogen) atoms. The third kappa shape index (κ3) is 7.18. The van der Waals surface area contributed by atoms with Gasteiger partial charge in [-0.15, -0.1) is 0 Å². The summed E-state index contributed by atoms with van der Waals surface area (Å²) >= 11 is 0. The Morgan fingerprint density at radius 1 is 1.27 bits per heavy atom. The fraction of sp³-hybridized carbons (Fsp3) is 0.429. The molecule has 1 N–H and O–H groups in total. The van der Waals surface area contributed by atoms with E-state index in [1.54, 1.807) is 31.2 Å². The Kier molecular flexibility index (Phi) is 9.22. The zero-order valence-electron chi connectivity index (χ0n) is 20.4. The lowest BCUT2D eigenvalue weighted by atomic mass is 9.71. The number of aryl methyl sites for hydroxylation is 1. The molecular weight excluding hydrogens is 413 g/mol. The molecule has 1 aromatic carbocycles. The number of nitrogens with one attached hydrogen (secondary N) is 1. The van der Waals surface area contributed by atoms with E-state index in [0.29, 0.717) is 22.7 Å². The molecule has 0 aliphatic heterocycles. The van der Waals surface area contributed by atoms with Crippen molar-refractivity contribution in [2.75, 3.05) is 13.6 Å². The summed E-state index contributed by atoms with van der Waals surface area (Å²) in [6.45, 7) is 18.9. The van der Waals surface area contributed by atoms with Crippen LogP contribution in [0.3, 0.4) is 0 Å². The molecule has 2 rings (SSSR count). The topological polar surface area (TPSA) is 56.1 Å². The minimum absolute atomic E-state index is 0.0267. The van der Waals surface area contributed by atoms with Gasteiger partial charge in [-0.3, -0.25) is 4.79 Å². The molecule has 0 radical (unpaired) electrons. The van der Waals surface area contributed by atoms with Crippen molar-refractivity contribution in [2.45, 2.75) is 46.6 Å². The summed E-state index contributed by atoms with van der Waals surface area (Å²) in [6, 6.07) is 7.12. The van der Waals surface area contributed by atoms with E-state index in [9.17, 15) is 14.4 Å². The highest BCUT2D eigenvalue weighted by Crippen LogP contribution is 2.38. The van der Waals surface area contributed by atoms with Crippen LogP contribution >= 0.6 is 0 Å². The van der Waals surface area contributed by atoms with Crippen molar-refractivity contribution in [3.05, 3.63) is 83.4 Å². The molecular formula is C28H36FN3O. The molecule has 1 amide bonds. The lowest BCUT2D eigenvalue weighted by Gasteiger charge is -2.39. The smallest absolute Gasteiger partial charge is 0.251 e. The van der Waals surface area contributed by atoms with Crippen LogP contribution in [0.25, 0.3) is 0 Å². The number of carbonyl (C=O) groups is 1. The number of halogens is 1. The Hall–Kier alpha value is -3.13. The monoisotopic (exact) mass is 449 g/mol. The van der Waals surface area contributed by atoms with Crippen LogP contribution in [0.4, 0.5) is 4.39 Å². The maximum Gasteiger partial charge on any atom is 0.251 e. The second kappa shape index (κ2) is 11.7. The third-order valence-corrected chi connectivity index (χ3v) is 6.27. The first-order chi connectivity index (χ1) is 15.5. The van der Waals surface area contributed by atoms with Crippen LogP contribution in [0, 0.1) is 41.8 Å². The van der Waals surface area contributed by atoms with Gasteiger partial charge in [-0.1, -0.05) is 51.8 Å². The van der Waals surface area contributed by atoms with E-state index in [-0.39, 0.29) is 29.1 Å². The number of allylic oxidation sites excluding steroid dienone is 2. The zero-order chi connectivity index (χ0) is 24.7. The van der Waals surface area contributed by atoms with Crippen molar-refractivity contribution < 1.29 is 9.18 Å². The van der Waals surface area contributed by atoms with Gasteiger partial charge in [-0.05, 0) is 61.2 Å². The first-order valence-corrected chi connectivity index (χ1v) is 11.5. The maximum atomic E-state index is 14.2. The zero-order valence-corrected chi connectivity index (χ0v) is 20.4. The number of carbonyl (C=O) groups excluding carboxylic acids is 1. The highest BCUT2D eigenvalue weighted by Gasteiger charge is 2.30. The number of rotatable bonds is 11. The predicted molar refractivity (Wildman–Crippen MR) is 132 cm³/mol. The maximum absolute atomic E-state index is 14.2. The van der Waals surface area contributed by atoms with Gasteiger partial charge in [0.25, 0.3) is 5.91 Å². The molecule has 176 valence electrons. The second-order valence-electron chi connectivity index (χ2n) is 9.56. The molecule has 0 heterocycles. The summed E-state index contributed by atoms with van der Waals surface area (Å²) in [5, 5.41) is 12.3. The van der Waals surface area contributed by atoms with Gasteiger partial charge >= 0.3 is 0 Å². The molecule has 1 aliphatic rings. The molecule has 0 spiro atoms. The number of benzene rings is 1. The van der Waals surface area contributed by atoms with E-state index < -0.39 is 5.91 Å². The molecule has 5 heteroatoms. The number of nitrogens with zero attached hydrogens (tertiary/aromatic N) is 2. The summed E-state index contributed by atoms with van der Waals surface area (Å²) in [5.74, 6) is 1.35. The van der Waals surface area contributed by atoms with Crippen LogP contribution in [0.5, 0.6) is 0 Å². The van der Waals surface area contributed by atoms with E-state index in [4.69, 9.17) is 0 Å². The molecule has 4 nitrogen and oxygen atoms in total. The predicted octanol–water partition coefficient (Wildman–Crippen LogP) is 5.83. The molecule has 1 saturated carbocycles. The molecule has 1 aliphatic carbocycles. The normalized spacial score (nSPS) is 17.7. The van der Waals surface area contributed by atoms with E-state index >= 15 is 0 Å². The van der Waals surface area contributed by atoms with Crippen molar-refractivity contribution in [1.82, 2.24) is 10.2 Å². The number of hydrogen-bond donors (Lipinski definition) is 1. The van der Waals surface area contributed by atoms with Crippen LogP contribution in [-0.2, 0) is 11.3 Å². The molecule has 0 saturated heterocycles. The van der Waals surface area contributed by atoms with Crippen molar-refractivity contribution in [2.24, 2.45) is 17.8 Å². The lowest BCUT2D eigenvalue weighted by molar-refractivity contribution is -0.117. The van der Waals surface area contributed by atoms with Gasteiger partial charge in [-0.25, -0.2) is 4.39 Å². The first kappa shape index (κ1) is 26.1. The van der Waals surface area contributed by atoms with Crippen LogP contribution in [-0.4, -0.2) is 24.4 Å². The van der Waals surface area contributed by atoms with E-state index in [1.807, 2.05) is 11.9 Å². The summed E-state index contributed by atoms with van der Waals surface area (Å²) < 4.78 is 14.2. The van der Waals surface area contributed by atoms with Gasteiger partial charge in [0.2, 0.25) is 0 Å². The Morgan fingerprint density at radius 3 is 2.55 bits per heavy atom. The Morgan fingerprint density at radius 2 is 1.94 bits per heavy atom. The van der Waals surface area contributed by atoms with Crippen LogP contribution in [0.1, 0.15) is 44.2 Å². The third-order valence-electron chi connectivity index (χ3n) is 6.27. The molecule has 1 aromatic rings. The highest BCUT2D eigenvalue weighted by molar-refractivity contribution is 5.98. The van der Waals surface area contributed by atoms with Crippen LogP contribution < -0.4 is 5.32 Å². The van der Waals surface area contributed by atoms with Crippen molar-refractivity contribution in [1.29, 1.82) is 5.26 Å². The summed E-state index contributed by atoms with van der Waals surface area (Å²) in [5.41, 5.74) is 2.13. The number of amides is 1. The molecule has 0 bridgehead atoms. The fourth-order valence-electron chi connectivity index (χ4n) is 4.28. The van der Waals surface area contributed by atoms with E-state index in [2.05, 4.69) is 45.0 Å². The molecule has 0 aromatic heterocycles. The fourth-order valence-corrected chi connectivity index (χ4v) is 4.28. The Labute approximate surface area is 198 Å². The SMILES string of the molecule is C=C(C(=C)/C(C#N)=C/C(=C)N(C)CC1CC(CC(C)C)C1)C(=O)NCc1cccc(C)c1F. The number of nitriles is 1. The van der Waals surface area contributed by atoms with Crippen LogP contribution in [0.2, 0.25) is 0 Å². The van der Waals surface area contributed by atoms with Gasteiger partial charge in [0, 0.05) is 37.0 Å². The van der Waals surface area contributed by atoms with Gasteiger partial charge in [-0.2, -0.15) is 5.26 Å². The summed E-state index contributed by atoms with van der Waals surface area (Å²) in [7, 11) is 1.96. The summed E-state index contributed by atoms with van der Waals surface area (Å²) in [4.78, 5) is 14.6. The minimum atomic E-state index is -0.494. The van der Waals surface area contributed by atoms with Gasteiger partial charge < -0.3 is 10.2 Å². The summed E-state index contributed by atoms with van der Waals surface area (Å²) in [6.07, 6.45) is 5.39. The molecule has 0 atom stereocenters. The van der Waals surface area contributed by atoms with E-state index in [0.717, 1.165) is 18.4 Å². The number of likely N-dealkylation sites (N-methyl/N-ethyl adjacent to an activating group) is 1. The minimum Gasteiger partial charge on any atom is -0.375 e. The van der Waals surface area contributed by atoms with Gasteiger partial charge in [0.15, 0.2) is 0 Å². The standard InChI is InChI=1S/C28H36FN3O/c1-18(2)11-23-13-24(14-23)17-32(7)20(4)12-26(15-30)21(5)22(6)28(33)31-16-25-10-8-9-19(3)27(25)29/h8-10,12,18,23-24H,4-6,11,13-14,16-17H2,1-3,7H3,(H,31,33)/b26-12+. The average molecular weight is 450 g/mol. The van der Waals surface area contributed by atoms with Gasteiger partial charge in [0.05, 0.1) is 11.6 Å². The average Bonchev–Trinajstić information content (AvgIpc) is 2.75. The van der Waals surface area contributed by atoms with Crippen molar-refractivity contribution >= 4 is 5.91 Å². The molecule has 0 unspecified atom stereocenters. The molecule has 1 fully saturated rings. The number of hydrogen-bond acceptors (Lipinski definition) is 3. The Bertz CT molecular complexity index is 993. The van der Waals surface area contributed by atoms with E-state index in [1.165, 1.54) is 19.3 Å². The highest BCUT2D eigenvalue weighted by atomic mass is 19.1. The second-order valence-corrected chi connectivity index (χ2v) is 9.56. The van der Waals surface area contributed by atoms with Gasteiger partial charge in [0.1, 0.15) is 5.82 Å². The van der Waals surface area contributed by atoms with Crippen molar-refractivity contribution in [3.8, 4) is 6.07 Å². The first-order valence-electron chi connectivity index (χ1n) is 11.5. The quantitative estimate of drug-likeness (QED) is 0.263. The largest absolute Gasteiger partial charge is 0.375 e. The Balaban J connectivity index is 1.92.